The maximum atomic E-state index is 5.79. The SMILES string of the molecule is Cc1ccccc1OCc1nnnn1-c1ccc(Br)cc1. The molecule has 0 bridgehead atoms. The summed E-state index contributed by atoms with van der Waals surface area (Å²) in [6.07, 6.45) is 0. The van der Waals surface area contributed by atoms with Crippen LogP contribution in [0.4, 0.5) is 0 Å². The van der Waals surface area contributed by atoms with Crippen LogP contribution in [0.1, 0.15) is 11.4 Å². The highest BCUT2D eigenvalue weighted by molar-refractivity contribution is 9.10. The third-order valence-electron chi connectivity index (χ3n) is 3.06. The molecule has 0 atom stereocenters. The van der Waals surface area contributed by atoms with Crippen molar-refractivity contribution in [1.29, 1.82) is 0 Å². The Hall–Kier alpha value is -2.21. The molecule has 0 saturated heterocycles. The first kappa shape index (κ1) is 13.8. The number of tetrazole rings is 1. The summed E-state index contributed by atoms with van der Waals surface area (Å²) in [5.41, 5.74) is 1.98. The third kappa shape index (κ3) is 3.11. The fraction of sp³-hybridized carbons (Fsp3) is 0.133. The van der Waals surface area contributed by atoms with Crippen LogP contribution in [0, 0.1) is 6.92 Å². The number of para-hydroxylation sites is 1. The Labute approximate surface area is 130 Å². The van der Waals surface area contributed by atoms with Crippen molar-refractivity contribution in [2.75, 3.05) is 0 Å². The number of hydrogen-bond acceptors (Lipinski definition) is 4. The summed E-state index contributed by atoms with van der Waals surface area (Å²) in [4.78, 5) is 0. The van der Waals surface area contributed by atoms with Crippen LogP contribution in [0.2, 0.25) is 0 Å². The van der Waals surface area contributed by atoms with Gasteiger partial charge in [0, 0.05) is 4.47 Å². The van der Waals surface area contributed by atoms with Gasteiger partial charge in [0.15, 0.2) is 5.82 Å². The molecule has 1 heterocycles. The monoisotopic (exact) mass is 344 g/mol. The van der Waals surface area contributed by atoms with Crippen LogP contribution < -0.4 is 4.74 Å². The van der Waals surface area contributed by atoms with Crippen LogP contribution in [0.5, 0.6) is 5.75 Å². The van der Waals surface area contributed by atoms with E-state index in [9.17, 15) is 0 Å². The van der Waals surface area contributed by atoms with Crippen molar-refractivity contribution in [1.82, 2.24) is 20.2 Å². The molecule has 3 aromatic rings. The molecule has 6 heteroatoms. The zero-order valence-electron chi connectivity index (χ0n) is 11.4. The molecule has 2 aromatic carbocycles. The average Bonchev–Trinajstić information content (AvgIpc) is 2.96. The molecule has 1 aromatic heterocycles. The van der Waals surface area contributed by atoms with Gasteiger partial charge in [-0.05, 0) is 53.2 Å². The second-order valence-corrected chi connectivity index (χ2v) is 5.45. The number of aryl methyl sites for hydroxylation is 1. The predicted octanol–water partition coefficient (Wildman–Crippen LogP) is 3.31. The highest BCUT2D eigenvalue weighted by Crippen LogP contribution is 2.18. The second-order valence-electron chi connectivity index (χ2n) is 4.54. The quantitative estimate of drug-likeness (QED) is 0.728. The largest absolute Gasteiger partial charge is 0.485 e. The minimum Gasteiger partial charge on any atom is -0.485 e. The van der Waals surface area contributed by atoms with E-state index in [0.717, 1.165) is 21.5 Å². The van der Waals surface area contributed by atoms with Gasteiger partial charge in [-0.15, -0.1) is 5.10 Å². The van der Waals surface area contributed by atoms with E-state index in [1.807, 2.05) is 55.5 Å². The molecular weight excluding hydrogens is 332 g/mol. The Kier molecular flexibility index (Phi) is 3.96. The van der Waals surface area contributed by atoms with Crippen LogP contribution in [-0.2, 0) is 6.61 Å². The fourth-order valence-corrected chi connectivity index (χ4v) is 2.20. The summed E-state index contributed by atoms with van der Waals surface area (Å²) in [5.74, 6) is 1.49. The average molecular weight is 345 g/mol. The summed E-state index contributed by atoms with van der Waals surface area (Å²) < 4.78 is 8.48. The van der Waals surface area contributed by atoms with Crippen molar-refractivity contribution in [3.8, 4) is 11.4 Å². The Morgan fingerprint density at radius 1 is 1.10 bits per heavy atom. The van der Waals surface area contributed by atoms with E-state index in [2.05, 4.69) is 31.5 Å². The number of nitrogens with zero attached hydrogens (tertiary/aromatic N) is 4. The standard InChI is InChI=1S/C15H13BrN4O/c1-11-4-2-3-5-14(11)21-10-15-17-18-19-20(15)13-8-6-12(16)7-9-13/h2-9H,10H2,1H3. The van der Waals surface area contributed by atoms with E-state index >= 15 is 0 Å². The maximum absolute atomic E-state index is 5.79. The minimum absolute atomic E-state index is 0.313. The summed E-state index contributed by atoms with van der Waals surface area (Å²) in [7, 11) is 0. The first-order valence-corrected chi connectivity index (χ1v) is 7.25. The van der Waals surface area contributed by atoms with Crippen molar-refractivity contribution < 1.29 is 4.74 Å². The fourth-order valence-electron chi connectivity index (χ4n) is 1.94. The van der Waals surface area contributed by atoms with Gasteiger partial charge >= 0.3 is 0 Å². The van der Waals surface area contributed by atoms with Crippen LogP contribution in [0.15, 0.2) is 53.0 Å². The lowest BCUT2D eigenvalue weighted by molar-refractivity contribution is 0.290. The molecule has 0 fully saturated rings. The predicted molar refractivity (Wildman–Crippen MR) is 82.4 cm³/mol. The van der Waals surface area contributed by atoms with E-state index < -0.39 is 0 Å². The van der Waals surface area contributed by atoms with Gasteiger partial charge in [0.2, 0.25) is 0 Å². The highest BCUT2D eigenvalue weighted by Gasteiger charge is 2.09. The van der Waals surface area contributed by atoms with Gasteiger partial charge in [-0.2, -0.15) is 4.68 Å². The number of rotatable bonds is 4. The molecular formula is C15H13BrN4O. The molecule has 106 valence electrons. The van der Waals surface area contributed by atoms with Crippen molar-refractivity contribution >= 4 is 15.9 Å². The van der Waals surface area contributed by atoms with E-state index in [4.69, 9.17) is 4.74 Å². The molecule has 3 rings (SSSR count). The summed E-state index contributed by atoms with van der Waals surface area (Å²) >= 11 is 3.41. The Morgan fingerprint density at radius 3 is 2.62 bits per heavy atom. The minimum atomic E-state index is 0.313. The molecule has 0 radical (unpaired) electrons. The first-order valence-electron chi connectivity index (χ1n) is 6.45. The zero-order valence-corrected chi connectivity index (χ0v) is 13.0. The molecule has 0 aliphatic rings. The lowest BCUT2D eigenvalue weighted by Crippen LogP contribution is -2.07. The Balaban J connectivity index is 1.80. The van der Waals surface area contributed by atoms with Crippen molar-refractivity contribution in [2.45, 2.75) is 13.5 Å². The smallest absolute Gasteiger partial charge is 0.194 e. The van der Waals surface area contributed by atoms with Gasteiger partial charge in [0.1, 0.15) is 12.4 Å². The molecule has 0 unspecified atom stereocenters. The molecule has 0 aliphatic carbocycles. The number of hydrogen-bond donors (Lipinski definition) is 0. The summed E-state index contributed by atoms with van der Waals surface area (Å²) in [6, 6.07) is 15.6. The highest BCUT2D eigenvalue weighted by atomic mass is 79.9. The molecule has 0 N–H and O–H groups in total. The molecule has 0 saturated carbocycles. The number of benzene rings is 2. The second kappa shape index (κ2) is 6.05. The Morgan fingerprint density at radius 2 is 1.86 bits per heavy atom. The van der Waals surface area contributed by atoms with Crippen LogP contribution >= 0.6 is 15.9 Å². The van der Waals surface area contributed by atoms with E-state index in [-0.39, 0.29) is 0 Å². The molecule has 5 nitrogen and oxygen atoms in total. The molecule has 0 aliphatic heterocycles. The van der Waals surface area contributed by atoms with Gasteiger partial charge in [0.25, 0.3) is 0 Å². The van der Waals surface area contributed by atoms with E-state index in [1.54, 1.807) is 4.68 Å². The lowest BCUT2D eigenvalue weighted by atomic mass is 10.2. The van der Waals surface area contributed by atoms with Gasteiger partial charge in [-0.1, -0.05) is 34.1 Å². The summed E-state index contributed by atoms with van der Waals surface area (Å²) in [5, 5.41) is 11.8. The maximum Gasteiger partial charge on any atom is 0.194 e. The number of halogens is 1. The Bertz CT molecular complexity index is 739. The van der Waals surface area contributed by atoms with Crippen molar-refractivity contribution in [3.05, 3.63) is 64.4 Å². The van der Waals surface area contributed by atoms with Gasteiger partial charge in [-0.25, -0.2) is 0 Å². The van der Waals surface area contributed by atoms with E-state index in [1.165, 1.54) is 0 Å². The normalized spacial score (nSPS) is 10.6. The van der Waals surface area contributed by atoms with E-state index in [0.29, 0.717) is 12.4 Å². The summed E-state index contributed by atoms with van der Waals surface area (Å²) in [6.45, 7) is 2.32. The molecule has 21 heavy (non-hydrogen) atoms. The van der Waals surface area contributed by atoms with Crippen LogP contribution in [0.3, 0.4) is 0 Å². The third-order valence-corrected chi connectivity index (χ3v) is 3.58. The topological polar surface area (TPSA) is 52.8 Å². The van der Waals surface area contributed by atoms with Crippen LogP contribution in [-0.4, -0.2) is 20.2 Å². The van der Waals surface area contributed by atoms with Crippen LogP contribution in [0.25, 0.3) is 5.69 Å². The van der Waals surface area contributed by atoms with Crippen molar-refractivity contribution in [3.63, 3.8) is 0 Å². The molecule has 0 amide bonds. The van der Waals surface area contributed by atoms with Gasteiger partial charge in [-0.3, -0.25) is 0 Å². The van der Waals surface area contributed by atoms with Crippen molar-refractivity contribution in [2.24, 2.45) is 0 Å². The zero-order chi connectivity index (χ0) is 14.7. The van der Waals surface area contributed by atoms with Gasteiger partial charge in [0.05, 0.1) is 5.69 Å². The lowest BCUT2D eigenvalue weighted by Gasteiger charge is -2.09. The number of ether oxygens (including phenoxy) is 1. The molecule has 0 spiro atoms. The van der Waals surface area contributed by atoms with Gasteiger partial charge < -0.3 is 4.74 Å². The number of aromatic nitrogens is 4. The first-order chi connectivity index (χ1) is 10.2.